The molecule has 36 heavy (non-hydrogen) atoms. The predicted octanol–water partition coefficient (Wildman–Crippen LogP) is 6.89. The van der Waals surface area contributed by atoms with Crippen LogP contribution in [0.4, 0.5) is 22.0 Å². The van der Waals surface area contributed by atoms with Crippen LogP contribution in [-0.2, 0) is 0 Å². The van der Waals surface area contributed by atoms with Crippen LogP contribution in [0, 0.1) is 6.92 Å². The molecular formula is C28H22N4O3S. The number of nitrogens with two attached hydrogens (primary N) is 1. The Balaban J connectivity index is 1.27. The maximum atomic E-state index is 12.4. The van der Waals surface area contributed by atoms with Crippen molar-refractivity contribution in [1.29, 1.82) is 0 Å². The van der Waals surface area contributed by atoms with Crippen molar-refractivity contribution in [2.45, 2.75) is 6.92 Å². The molecule has 3 heterocycles. The zero-order valence-corrected chi connectivity index (χ0v) is 20.2. The van der Waals surface area contributed by atoms with Crippen molar-refractivity contribution in [2.75, 3.05) is 23.2 Å². The van der Waals surface area contributed by atoms with Crippen LogP contribution in [0.2, 0.25) is 0 Å². The molecule has 178 valence electrons. The van der Waals surface area contributed by atoms with Crippen molar-refractivity contribution in [3.05, 3.63) is 83.9 Å². The summed E-state index contributed by atoms with van der Waals surface area (Å²) in [7, 11) is 0. The first kappa shape index (κ1) is 21.9. The van der Waals surface area contributed by atoms with Crippen molar-refractivity contribution in [1.82, 2.24) is 4.98 Å². The normalized spacial score (nSPS) is 12.0. The van der Waals surface area contributed by atoms with E-state index < -0.39 is 0 Å². The Morgan fingerprint density at radius 3 is 2.53 bits per heavy atom. The first-order chi connectivity index (χ1) is 17.5. The molecule has 0 spiro atoms. The minimum atomic E-state index is -0.295. The highest BCUT2D eigenvalue weighted by Crippen LogP contribution is 2.44. The highest BCUT2D eigenvalue weighted by atomic mass is 32.1. The summed E-state index contributed by atoms with van der Waals surface area (Å²) >= 11 is 1.62. The van der Waals surface area contributed by atoms with Gasteiger partial charge in [0, 0.05) is 38.8 Å². The van der Waals surface area contributed by atoms with E-state index in [0.29, 0.717) is 11.5 Å². The van der Waals surface area contributed by atoms with Gasteiger partial charge < -0.3 is 25.8 Å². The first-order valence-corrected chi connectivity index (χ1v) is 12.2. The van der Waals surface area contributed by atoms with Crippen molar-refractivity contribution in [2.24, 2.45) is 0 Å². The minimum Gasteiger partial charge on any atom is -0.454 e. The number of nitrogen functional groups attached to an aromatic ring is 1. The van der Waals surface area contributed by atoms with Crippen LogP contribution in [0.1, 0.15) is 5.56 Å². The number of thiophene rings is 1. The summed E-state index contributed by atoms with van der Waals surface area (Å²) < 4.78 is 12.0. The van der Waals surface area contributed by atoms with Gasteiger partial charge in [-0.25, -0.2) is 9.78 Å². The lowest BCUT2D eigenvalue weighted by atomic mass is 10.0. The summed E-state index contributed by atoms with van der Waals surface area (Å²) in [6.07, 6.45) is 1.80. The predicted molar refractivity (Wildman–Crippen MR) is 145 cm³/mol. The van der Waals surface area contributed by atoms with Crippen LogP contribution in [0.5, 0.6) is 11.5 Å². The van der Waals surface area contributed by atoms with Crippen LogP contribution < -0.4 is 25.8 Å². The molecule has 7 nitrogen and oxygen atoms in total. The summed E-state index contributed by atoms with van der Waals surface area (Å²) in [4.78, 5) is 16.9. The second-order valence-electron chi connectivity index (χ2n) is 8.50. The number of fused-ring (bicyclic) bond motifs is 2. The van der Waals surface area contributed by atoms with Gasteiger partial charge in [-0.2, -0.15) is 0 Å². The summed E-state index contributed by atoms with van der Waals surface area (Å²) in [6.45, 7) is 2.21. The van der Waals surface area contributed by atoms with E-state index >= 15 is 0 Å². The standard InChI is InChI=1S/C28H22N4O3S/c1-16-3-2-4-20(11-16)32-28(33)31-19-8-5-17(6-9-19)22-14-36-26-21(13-30-27(29)25(22)26)18-7-10-23-24(12-18)35-15-34-23/h2-14H,15H2,1H3,(H2,29,30)(H2,31,32,33). The van der Waals surface area contributed by atoms with Gasteiger partial charge in [0.05, 0.1) is 0 Å². The summed E-state index contributed by atoms with van der Waals surface area (Å²) in [6, 6.07) is 20.9. The highest BCUT2D eigenvalue weighted by molar-refractivity contribution is 7.18. The van der Waals surface area contributed by atoms with Gasteiger partial charge in [0.2, 0.25) is 6.79 Å². The van der Waals surface area contributed by atoms with E-state index in [1.54, 1.807) is 17.5 Å². The zero-order chi connectivity index (χ0) is 24.6. The molecule has 0 radical (unpaired) electrons. The number of amides is 2. The molecule has 0 bridgehead atoms. The average Bonchev–Trinajstić information content (AvgIpc) is 3.52. The number of carbonyl (C=O) groups is 1. The van der Waals surface area contributed by atoms with E-state index in [-0.39, 0.29) is 12.8 Å². The Bertz CT molecular complexity index is 1610. The summed E-state index contributed by atoms with van der Waals surface area (Å²) in [5.41, 5.74) is 12.8. The topological polar surface area (TPSA) is 98.5 Å². The Hall–Kier alpha value is -4.56. The Morgan fingerprint density at radius 2 is 1.69 bits per heavy atom. The molecule has 0 atom stereocenters. The highest BCUT2D eigenvalue weighted by Gasteiger charge is 2.18. The number of aryl methyl sites for hydroxylation is 1. The monoisotopic (exact) mass is 494 g/mol. The van der Waals surface area contributed by atoms with Crippen LogP contribution in [0.3, 0.4) is 0 Å². The van der Waals surface area contributed by atoms with E-state index in [2.05, 4.69) is 21.0 Å². The third kappa shape index (κ3) is 4.08. The van der Waals surface area contributed by atoms with E-state index in [9.17, 15) is 4.79 Å². The second-order valence-corrected chi connectivity index (χ2v) is 9.38. The number of hydrogen-bond acceptors (Lipinski definition) is 6. The minimum absolute atomic E-state index is 0.232. The third-order valence-electron chi connectivity index (χ3n) is 6.04. The van der Waals surface area contributed by atoms with Gasteiger partial charge in [0.1, 0.15) is 5.82 Å². The van der Waals surface area contributed by atoms with E-state index in [1.165, 1.54) is 0 Å². The number of carbonyl (C=O) groups excluding carboxylic acids is 1. The van der Waals surface area contributed by atoms with Crippen molar-refractivity contribution < 1.29 is 14.3 Å². The Labute approximate surface area is 211 Å². The number of hydrogen-bond donors (Lipinski definition) is 3. The lowest BCUT2D eigenvalue weighted by molar-refractivity contribution is 0.174. The van der Waals surface area contributed by atoms with Gasteiger partial charge in [0.15, 0.2) is 11.5 Å². The fourth-order valence-corrected chi connectivity index (χ4v) is 5.42. The first-order valence-electron chi connectivity index (χ1n) is 11.4. The molecule has 1 aliphatic heterocycles. The Morgan fingerprint density at radius 1 is 0.917 bits per heavy atom. The molecule has 4 N–H and O–H groups in total. The largest absolute Gasteiger partial charge is 0.454 e. The van der Waals surface area contributed by atoms with E-state index in [0.717, 1.165) is 55.1 Å². The van der Waals surface area contributed by atoms with Crippen LogP contribution in [0.15, 0.2) is 78.3 Å². The summed E-state index contributed by atoms with van der Waals surface area (Å²) in [5, 5.41) is 8.73. The molecule has 2 aromatic heterocycles. The maximum Gasteiger partial charge on any atom is 0.323 e. The van der Waals surface area contributed by atoms with Crippen molar-refractivity contribution in [3.8, 4) is 33.8 Å². The number of ether oxygens (including phenoxy) is 2. The quantitative estimate of drug-likeness (QED) is 0.253. The Kier molecular flexibility index (Phi) is 5.42. The van der Waals surface area contributed by atoms with Crippen LogP contribution in [-0.4, -0.2) is 17.8 Å². The lowest BCUT2D eigenvalue weighted by Gasteiger charge is -2.10. The molecule has 0 saturated carbocycles. The molecule has 6 rings (SSSR count). The van der Waals surface area contributed by atoms with Gasteiger partial charge >= 0.3 is 6.03 Å². The number of rotatable bonds is 4. The second kappa shape index (κ2) is 8.90. The molecule has 1 aliphatic rings. The molecule has 0 saturated heterocycles. The van der Waals surface area contributed by atoms with E-state index in [4.69, 9.17) is 15.2 Å². The number of aromatic nitrogens is 1. The molecule has 0 fully saturated rings. The maximum absolute atomic E-state index is 12.4. The number of nitrogens with one attached hydrogen (secondary N) is 2. The molecule has 0 unspecified atom stereocenters. The number of pyridine rings is 1. The van der Waals surface area contributed by atoms with Crippen molar-refractivity contribution >= 4 is 44.6 Å². The fraction of sp³-hybridized carbons (Fsp3) is 0.0714. The number of anilines is 3. The smallest absolute Gasteiger partial charge is 0.323 e. The zero-order valence-electron chi connectivity index (χ0n) is 19.4. The lowest BCUT2D eigenvalue weighted by Crippen LogP contribution is -2.19. The average molecular weight is 495 g/mol. The van der Waals surface area contributed by atoms with Gasteiger partial charge in [-0.05, 0) is 65.4 Å². The molecule has 2 amide bonds. The summed E-state index contributed by atoms with van der Waals surface area (Å²) in [5.74, 6) is 1.95. The third-order valence-corrected chi connectivity index (χ3v) is 7.05. The number of urea groups is 1. The molecule has 8 heteroatoms. The van der Waals surface area contributed by atoms with Crippen LogP contribution in [0.25, 0.3) is 32.3 Å². The van der Waals surface area contributed by atoms with E-state index in [1.807, 2.05) is 73.7 Å². The molecular weight excluding hydrogens is 472 g/mol. The van der Waals surface area contributed by atoms with Gasteiger partial charge in [-0.15, -0.1) is 11.3 Å². The van der Waals surface area contributed by atoms with Crippen LogP contribution >= 0.6 is 11.3 Å². The number of nitrogens with zero attached hydrogens (tertiary/aromatic N) is 1. The van der Waals surface area contributed by atoms with Gasteiger partial charge in [0.25, 0.3) is 0 Å². The van der Waals surface area contributed by atoms with Crippen molar-refractivity contribution in [3.63, 3.8) is 0 Å². The SMILES string of the molecule is Cc1cccc(NC(=O)Nc2ccc(-c3csc4c(-c5ccc6c(c5)OCO6)cnc(N)c34)cc2)c1. The number of benzene rings is 3. The van der Waals surface area contributed by atoms with Gasteiger partial charge in [-0.3, -0.25) is 0 Å². The molecule has 3 aromatic carbocycles. The van der Waals surface area contributed by atoms with Gasteiger partial charge in [-0.1, -0.05) is 30.3 Å². The fourth-order valence-electron chi connectivity index (χ4n) is 4.30. The molecule has 0 aliphatic carbocycles. The molecule has 5 aromatic rings.